The van der Waals surface area contributed by atoms with Gasteiger partial charge in [0.2, 0.25) is 5.91 Å². The van der Waals surface area contributed by atoms with Crippen molar-refractivity contribution >= 4 is 33.6 Å². The molecule has 3 aromatic rings. The van der Waals surface area contributed by atoms with Crippen LogP contribution in [-0.2, 0) is 11.3 Å². The molecule has 0 saturated heterocycles. The van der Waals surface area contributed by atoms with Crippen molar-refractivity contribution in [3.8, 4) is 17.1 Å². The van der Waals surface area contributed by atoms with Crippen molar-refractivity contribution in [1.29, 1.82) is 0 Å². The number of phenolic OH excluding ortho intramolecular Hbond substituents is 1. The van der Waals surface area contributed by atoms with Gasteiger partial charge in [-0.2, -0.15) is 0 Å². The number of thioether (sulfide) groups is 1. The second-order valence-corrected chi connectivity index (χ2v) is 8.06. The van der Waals surface area contributed by atoms with Gasteiger partial charge in [-0.05, 0) is 37.6 Å². The predicted molar refractivity (Wildman–Crippen MR) is 114 cm³/mol. The molecule has 0 unspecified atom stereocenters. The zero-order valence-electron chi connectivity index (χ0n) is 15.6. The Labute approximate surface area is 176 Å². The molecule has 28 heavy (non-hydrogen) atoms. The Kier molecular flexibility index (Phi) is 6.74. The third-order valence-corrected chi connectivity index (χ3v) is 5.70. The van der Waals surface area contributed by atoms with Gasteiger partial charge in [0, 0.05) is 11.0 Å². The molecular weight excluding hydrogens is 440 g/mol. The first-order valence-electron chi connectivity index (χ1n) is 8.88. The van der Waals surface area contributed by atoms with Crippen molar-refractivity contribution in [2.75, 3.05) is 5.75 Å². The lowest BCUT2D eigenvalue weighted by Crippen LogP contribution is -2.28. The highest BCUT2D eigenvalue weighted by atomic mass is 79.9. The van der Waals surface area contributed by atoms with Gasteiger partial charge >= 0.3 is 0 Å². The highest BCUT2D eigenvalue weighted by Crippen LogP contribution is 2.32. The third kappa shape index (κ3) is 4.74. The molecule has 1 amide bonds. The number of aromatic hydroxyl groups is 1. The largest absolute Gasteiger partial charge is 0.507 e. The summed E-state index contributed by atoms with van der Waals surface area (Å²) >= 11 is 4.74. The monoisotopic (exact) mass is 460 g/mol. The molecule has 8 heteroatoms. The Balaban J connectivity index is 1.69. The SMILES string of the molecule is CCn1c(SCC(=O)N[C@@H](C)c2ccccc2)nnc1-c1cc(Br)ccc1O. The summed E-state index contributed by atoms with van der Waals surface area (Å²) in [5.41, 5.74) is 1.66. The number of nitrogens with one attached hydrogen (secondary N) is 1. The Hall–Kier alpha value is -2.32. The minimum Gasteiger partial charge on any atom is -0.507 e. The van der Waals surface area contributed by atoms with E-state index in [1.807, 2.05) is 48.7 Å². The van der Waals surface area contributed by atoms with Gasteiger partial charge < -0.3 is 15.0 Å². The normalized spacial score (nSPS) is 12.0. The molecule has 3 rings (SSSR count). The zero-order chi connectivity index (χ0) is 20.1. The van der Waals surface area contributed by atoms with Crippen molar-refractivity contribution in [2.24, 2.45) is 0 Å². The van der Waals surface area contributed by atoms with Gasteiger partial charge in [-0.3, -0.25) is 4.79 Å². The van der Waals surface area contributed by atoms with E-state index in [0.29, 0.717) is 23.1 Å². The second kappa shape index (κ2) is 9.25. The van der Waals surface area contributed by atoms with Gasteiger partial charge in [-0.25, -0.2) is 0 Å². The molecule has 0 fully saturated rings. The molecule has 146 valence electrons. The van der Waals surface area contributed by atoms with Crippen LogP contribution in [0.25, 0.3) is 11.4 Å². The molecule has 0 radical (unpaired) electrons. The number of carbonyl (C=O) groups is 1. The van der Waals surface area contributed by atoms with Gasteiger partial charge in [0.25, 0.3) is 0 Å². The summed E-state index contributed by atoms with van der Waals surface area (Å²) in [6, 6.07) is 14.9. The first-order valence-corrected chi connectivity index (χ1v) is 10.7. The van der Waals surface area contributed by atoms with Gasteiger partial charge in [0.1, 0.15) is 5.75 Å². The van der Waals surface area contributed by atoms with E-state index in [1.165, 1.54) is 11.8 Å². The molecule has 0 aliphatic heterocycles. The maximum Gasteiger partial charge on any atom is 0.230 e. The maximum atomic E-state index is 12.3. The minimum absolute atomic E-state index is 0.0625. The highest BCUT2D eigenvalue weighted by Gasteiger charge is 2.18. The van der Waals surface area contributed by atoms with Crippen molar-refractivity contribution in [3.63, 3.8) is 0 Å². The second-order valence-electron chi connectivity index (χ2n) is 6.20. The number of carbonyl (C=O) groups excluding carboxylic acids is 1. The maximum absolute atomic E-state index is 12.3. The fourth-order valence-electron chi connectivity index (χ4n) is 2.81. The standard InChI is InChI=1S/C20H21BrN4O2S/c1-3-25-19(16-11-15(21)9-10-17(16)26)23-24-20(25)28-12-18(27)22-13(2)14-7-5-4-6-8-14/h4-11,13,26H,3,12H2,1-2H3,(H,22,27)/t13-/m0/s1. The minimum atomic E-state index is -0.0705. The van der Waals surface area contributed by atoms with Crippen LogP contribution in [0.3, 0.4) is 0 Å². The first-order chi connectivity index (χ1) is 13.5. The van der Waals surface area contributed by atoms with E-state index >= 15 is 0 Å². The number of aromatic nitrogens is 3. The number of nitrogens with zero attached hydrogens (tertiary/aromatic N) is 3. The van der Waals surface area contributed by atoms with Crippen molar-refractivity contribution in [3.05, 3.63) is 58.6 Å². The fraction of sp³-hybridized carbons (Fsp3) is 0.250. The molecule has 0 aliphatic rings. The lowest BCUT2D eigenvalue weighted by atomic mass is 10.1. The van der Waals surface area contributed by atoms with Gasteiger partial charge in [0.05, 0.1) is 17.4 Å². The van der Waals surface area contributed by atoms with E-state index in [-0.39, 0.29) is 23.5 Å². The zero-order valence-corrected chi connectivity index (χ0v) is 18.0. The average molecular weight is 461 g/mol. The van der Waals surface area contributed by atoms with Crippen molar-refractivity contribution < 1.29 is 9.90 Å². The van der Waals surface area contributed by atoms with Crippen LogP contribution in [0.5, 0.6) is 5.75 Å². The Morgan fingerprint density at radius 3 is 2.71 bits per heavy atom. The van der Waals surface area contributed by atoms with Gasteiger partial charge in [-0.15, -0.1) is 10.2 Å². The number of benzene rings is 2. The van der Waals surface area contributed by atoms with E-state index < -0.39 is 0 Å². The Bertz CT molecular complexity index is 962. The molecular formula is C20H21BrN4O2S. The number of rotatable bonds is 7. The van der Waals surface area contributed by atoms with Crippen molar-refractivity contribution in [2.45, 2.75) is 31.6 Å². The molecule has 0 aliphatic carbocycles. The van der Waals surface area contributed by atoms with E-state index in [9.17, 15) is 9.90 Å². The fourth-order valence-corrected chi connectivity index (χ4v) is 3.98. The van der Waals surface area contributed by atoms with Gasteiger partial charge in [0.15, 0.2) is 11.0 Å². The molecule has 2 N–H and O–H groups in total. The molecule has 6 nitrogen and oxygen atoms in total. The van der Waals surface area contributed by atoms with E-state index in [1.54, 1.807) is 18.2 Å². The molecule has 0 bridgehead atoms. The lowest BCUT2D eigenvalue weighted by Gasteiger charge is -2.14. The number of halogens is 1. The van der Waals surface area contributed by atoms with E-state index in [2.05, 4.69) is 31.4 Å². The smallest absolute Gasteiger partial charge is 0.230 e. The van der Waals surface area contributed by atoms with Crippen LogP contribution in [0.2, 0.25) is 0 Å². The van der Waals surface area contributed by atoms with Crippen LogP contribution >= 0.6 is 27.7 Å². The van der Waals surface area contributed by atoms with Crippen LogP contribution in [-0.4, -0.2) is 31.5 Å². The third-order valence-electron chi connectivity index (χ3n) is 4.24. The lowest BCUT2D eigenvalue weighted by molar-refractivity contribution is -0.119. The summed E-state index contributed by atoms with van der Waals surface area (Å²) in [6.45, 7) is 4.56. The molecule has 1 heterocycles. The quantitative estimate of drug-likeness (QED) is 0.510. The van der Waals surface area contributed by atoms with Crippen LogP contribution in [0.15, 0.2) is 58.2 Å². The Morgan fingerprint density at radius 2 is 2.00 bits per heavy atom. The van der Waals surface area contributed by atoms with Crippen LogP contribution < -0.4 is 5.32 Å². The van der Waals surface area contributed by atoms with Crippen LogP contribution in [0.1, 0.15) is 25.5 Å². The summed E-state index contributed by atoms with van der Waals surface area (Å²) in [4.78, 5) is 12.3. The van der Waals surface area contributed by atoms with Crippen LogP contribution in [0.4, 0.5) is 0 Å². The molecule has 2 aromatic carbocycles. The summed E-state index contributed by atoms with van der Waals surface area (Å²) in [6.07, 6.45) is 0. The summed E-state index contributed by atoms with van der Waals surface area (Å²) < 4.78 is 2.73. The number of hydrogen-bond donors (Lipinski definition) is 2. The average Bonchev–Trinajstić information content (AvgIpc) is 3.11. The predicted octanol–water partition coefficient (Wildman–Crippen LogP) is 4.40. The summed E-state index contributed by atoms with van der Waals surface area (Å²) in [5, 5.41) is 22.2. The Morgan fingerprint density at radius 1 is 1.25 bits per heavy atom. The molecule has 0 saturated carbocycles. The van der Waals surface area contributed by atoms with Crippen molar-refractivity contribution in [1.82, 2.24) is 20.1 Å². The first kappa shape index (κ1) is 20.4. The topological polar surface area (TPSA) is 80.0 Å². The van der Waals surface area contributed by atoms with E-state index in [0.717, 1.165) is 10.0 Å². The summed E-state index contributed by atoms with van der Waals surface area (Å²) in [5.74, 6) is 0.872. The van der Waals surface area contributed by atoms with Crippen LogP contribution in [0, 0.1) is 0 Å². The number of phenols is 1. The summed E-state index contributed by atoms with van der Waals surface area (Å²) in [7, 11) is 0. The number of amides is 1. The molecule has 0 spiro atoms. The van der Waals surface area contributed by atoms with Gasteiger partial charge in [-0.1, -0.05) is 58.0 Å². The number of hydrogen-bond acceptors (Lipinski definition) is 5. The molecule has 1 atom stereocenters. The highest BCUT2D eigenvalue weighted by molar-refractivity contribution is 9.10. The van der Waals surface area contributed by atoms with E-state index in [4.69, 9.17) is 0 Å². The molecule has 1 aromatic heterocycles.